The quantitative estimate of drug-likeness (QED) is 0.661. The zero-order valence-electron chi connectivity index (χ0n) is 6.44. The molecule has 0 spiro atoms. The lowest BCUT2D eigenvalue weighted by molar-refractivity contribution is 0.0695. The van der Waals surface area contributed by atoms with E-state index in [9.17, 15) is 9.59 Å². The summed E-state index contributed by atoms with van der Waals surface area (Å²) >= 11 is 0. The van der Waals surface area contributed by atoms with Gasteiger partial charge in [-0.25, -0.2) is 4.79 Å². The van der Waals surface area contributed by atoms with Gasteiger partial charge in [-0.05, 0) is 13.0 Å². The van der Waals surface area contributed by atoms with E-state index in [1.54, 1.807) is 6.92 Å². The number of aldehydes is 1. The van der Waals surface area contributed by atoms with Gasteiger partial charge in [0.25, 0.3) is 0 Å². The third-order valence-corrected chi connectivity index (χ3v) is 1.47. The van der Waals surface area contributed by atoms with E-state index in [4.69, 9.17) is 5.11 Å². The lowest BCUT2D eigenvalue weighted by atomic mass is 10.1. The van der Waals surface area contributed by atoms with Crippen LogP contribution in [0.15, 0.2) is 12.3 Å². The first-order chi connectivity index (χ1) is 5.65. The summed E-state index contributed by atoms with van der Waals surface area (Å²) in [5.41, 5.74) is 0.755. The lowest BCUT2D eigenvalue weighted by Crippen LogP contribution is -2.02. The Morgan fingerprint density at radius 2 is 2.33 bits per heavy atom. The molecule has 4 nitrogen and oxygen atoms in total. The summed E-state index contributed by atoms with van der Waals surface area (Å²) in [7, 11) is 0. The van der Waals surface area contributed by atoms with Crippen LogP contribution in [0.4, 0.5) is 0 Å². The third kappa shape index (κ3) is 1.47. The fourth-order valence-corrected chi connectivity index (χ4v) is 0.830. The number of aryl methyl sites for hydroxylation is 1. The van der Waals surface area contributed by atoms with Gasteiger partial charge in [0.05, 0.1) is 11.3 Å². The van der Waals surface area contributed by atoms with E-state index < -0.39 is 5.97 Å². The van der Waals surface area contributed by atoms with Gasteiger partial charge in [0.15, 0.2) is 6.29 Å². The molecule has 0 saturated carbocycles. The number of pyridine rings is 1. The van der Waals surface area contributed by atoms with Crippen LogP contribution in [-0.2, 0) is 0 Å². The summed E-state index contributed by atoms with van der Waals surface area (Å²) in [6.45, 7) is 1.58. The van der Waals surface area contributed by atoms with Gasteiger partial charge in [-0.15, -0.1) is 0 Å². The van der Waals surface area contributed by atoms with Gasteiger partial charge in [-0.2, -0.15) is 0 Å². The first kappa shape index (κ1) is 8.39. The maximum absolute atomic E-state index is 10.5. The van der Waals surface area contributed by atoms with Gasteiger partial charge in [0.2, 0.25) is 0 Å². The highest BCUT2D eigenvalue weighted by Crippen LogP contribution is 2.06. The number of carboxylic acid groups (broad SMARTS) is 1. The number of carboxylic acids is 1. The number of aromatic nitrogens is 1. The summed E-state index contributed by atoms with van der Waals surface area (Å²) in [5, 5.41) is 8.63. The summed E-state index contributed by atoms with van der Waals surface area (Å²) in [4.78, 5) is 24.6. The minimum absolute atomic E-state index is 0.0691. The Hall–Kier alpha value is -1.71. The van der Waals surface area contributed by atoms with Gasteiger partial charge in [-0.3, -0.25) is 9.78 Å². The molecule has 0 radical (unpaired) electrons. The van der Waals surface area contributed by atoms with E-state index >= 15 is 0 Å². The molecular formula is C8H7NO3. The predicted molar refractivity (Wildman–Crippen MR) is 41.3 cm³/mol. The highest BCUT2D eigenvalue weighted by molar-refractivity contribution is 5.90. The summed E-state index contributed by atoms with van der Waals surface area (Å²) in [5.74, 6) is -1.07. The number of aromatic carboxylic acids is 1. The molecule has 12 heavy (non-hydrogen) atoms. The molecule has 0 aliphatic rings. The number of hydrogen-bond donors (Lipinski definition) is 1. The Morgan fingerprint density at radius 3 is 2.83 bits per heavy atom. The van der Waals surface area contributed by atoms with Crippen LogP contribution < -0.4 is 0 Å². The molecular weight excluding hydrogens is 158 g/mol. The zero-order valence-corrected chi connectivity index (χ0v) is 6.44. The third-order valence-electron chi connectivity index (χ3n) is 1.47. The molecule has 4 heteroatoms. The smallest absolute Gasteiger partial charge is 0.337 e. The van der Waals surface area contributed by atoms with Crippen LogP contribution in [0.3, 0.4) is 0 Å². The second-order valence-corrected chi connectivity index (χ2v) is 2.32. The van der Waals surface area contributed by atoms with Crippen LogP contribution in [0, 0.1) is 6.92 Å². The summed E-state index contributed by atoms with van der Waals surface area (Å²) in [6.07, 6.45) is 1.91. The van der Waals surface area contributed by atoms with Crippen molar-refractivity contribution < 1.29 is 14.7 Å². The van der Waals surface area contributed by atoms with Crippen molar-refractivity contribution in [3.05, 3.63) is 29.1 Å². The van der Waals surface area contributed by atoms with E-state index in [1.165, 1.54) is 12.3 Å². The molecule has 0 bridgehead atoms. The maximum Gasteiger partial charge on any atom is 0.337 e. The molecule has 62 valence electrons. The minimum Gasteiger partial charge on any atom is -0.478 e. The van der Waals surface area contributed by atoms with Crippen molar-refractivity contribution in [2.45, 2.75) is 6.92 Å². The van der Waals surface area contributed by atoms with Crippen molar-refractivity contribution in [3.8, 4) is 0 Å². The van der Waals surface area contributed by atoms with Crippen LogP contribution >= 0.6 is 0 Å². The molecule has 0 amide bonds. The molecule has 0 saturated heterocycles. The van der Waals surface area contributed by atoms with E-state index in [0.717, 1.165) is 0 Å². The van der Waals surface area contributed by atoms with E-state index in [0.29, 0.717) is 12.0 Å². The first-order valence-corrected chi connectivity index (χ1v) is 3.30. The highest BCUT2D eigenvalue weighted by atomic mass is 16.4. The van der Waals surface area contributed by atoms with Gasteiger partial charge in [0.1, 0.15) is 0 Å². The molecule has 0 unspecified atom stereocenters. The predicted octanol–water partition coefficient (Wildman–Crippen LogP) is 0.901. The number of rotatable bonds is 2. The summed E-state index contributed by atoms with van der Waals surface area (Å²) < 4.78 is 0. The summed E-state index contributed by atoms with van der Waals surface area (Å²) in [6, 6.07) is 1.30. The molecule has 0 aromatic carbocycles. The second kappa shape index (κ2) is 3.13. The molecule has 0 aliphatic heterocycles. The normalized spacial score (nSPS) is 9.42. The first-order valence-electron chi connectivity index (χ1n) is 3.30. The molecule has 1 rings (SSSR count). The van der Waals surface area contributed by atoms with E-state index in [-0.39, 0.29) is 11.1 Å². The van der Waals surface area contributed by atoms with Crippen LogP contribution in [0.5, 0.6) is 0 Å². The largest absolute Gasteiger partial charge is 0.478 e. The Labute approximate surface area is 68.9 Å². The van der Waals surface area contributed by atoms with Crippen molar-refractivity contribution in [2.24, 2.45) is 0 Å². The molecule has 0 aliphatic carbocycles. The second-order valence-electron chi connectivity index (χ2n) is 2.32. The molecule has 0 atom stereocenters. The monoisotopic (exact) mass is 165 g/mol. The minimum atomic E-state index is -1.07. The number of hydrogen-bond acceptors (Lipinski definition) is 3. The average molecular weight is 165 g/mol. The van der Waals surface area contributed by atoms with Crippen molar-refractivity contribution in [1.29, 1.82) is 0 Å². The van der Waals surface area contributed by atoms with Crippen LogP contribution in [-0.4, -0.2) is 22.3 Å². The Bertz CT molecular complexity index is 333. The molecule has 1 heterocycles. The average Bonchev–Trinajstić information content (AvgIpc) is 2.05. The fourth-order valence-electron chi connectivity index (χ4n) is 0.830. The number of nitrogens with zero attached hydrogens (tertiary/aromatic N) is 1. The van der Waals surface area contributed by atoms with Gasteiger partial charge >= 0.3 is 5.97 Å². The maximum atomic E-state index is 10.5. The standard InChI is InChI=1S/C8H7NO3/c1-5-7(8(11)12)2-6(4-10)3-9-5/h2-4H,1H3,(H,11,12). The van der Waals surface area contributed by atoms with Crippen molar-refractivity contribution in [1.82, 2.24) is 4.98 Å². The van der Waals surface area contributed by atoms with E-state index in [1.807, 2.05) is 0 Å². The van der Waals surface area contributed by atoms with Gasteiger partial charge in [-0.1, -0.05) is 0 Å². The van der Waals surface area contributed by atoms with E-state index in [2.05, 4.69) is 4.98 Å². The molecule has 1 N–H and O–H groups in total. The fraction of sp³-hybridized carbons (Fsp3) is 0.125. The molecule has 0 fully saturated rings. The Morgan fingerprint density at radius 1 is 1.67 bits per heavy atom. The number of carbonyl (C=O) groups excluding carboxylic acids is 1. The van der Waals surface area contributed by atoms with Crippen molar-refractivity contribution >= 4 is 12.3 Å². The number of carbonyl (C=O) groups is 2. The Balaban J connectivity index is 3.25. The van der Waals surface area contributed by atoms with Gasteiger partial charge in [0, 0.05) is 11.8 Å². The van der Waals surface area contributed by atoms with Crippen LogP contribution in [0.2, 0.25) is 0 Å². The van der Waals surface area contributed by atoms with Crippen LogP contribution in [0.1, 0.15) is 26.4 Å². The lowest BCUT2D eigenvalue weighted by Gasteiger charge is -1.98. The SMILES string of the molecule is Cc1ncc(C=O)cc1C(=O)O. The van der Waals surface area contributed by atoms with Crippen molar-refractivity contribution in [2.75, 3.05) is 0 Å². The van der Waals surface area contributed by atoms with Crippen LogP contribution in [0.25, 0.3) is 0 Å². The molecule has 1 aromatic heterocycles. The zero-order chi connectivity index (χ0) is 9.14. The van der Waals surface area contributed by atoms with Crippen molar-refractivity contribution in [3.63, 3.8) is 0 Å². The Kier molecular flexibility index (Phi) is 2.19. The molecule has 1 aromatic rings. The van der Waals surface area contributed by atoms with Gasteiger partial charge < -0.3 is 5.11 Å². The topological polar surface area (TPSA) is 67.3 Å². The highest BCUT2D eigenvalue weighted by Gasteiger charge is 2.07.